The van der Waals surface area contributed by atoms with E-state index >= 15 is 0 Å². The number of hydrogen-bond donors (Lipinski definition) is 0. The highest BCUT2D eigenvalue weighted by molar-refractivity contribution is 9.09. The number of hydrogen-bond acceptors (Lipinski definition) is 2. The van der Waals surface area contributed by atoms with Gasteiger partial charge in [0.2, 0.25) is 0 Å². The summed E-state index contributed by atoms with van der Waals surface area (Å²) in [5.41, 5.74) is 0.276. The topological polar surface area (TPSA) is 9.23 Å². The molecule has 1 spiro atoms. The SMILES string of the molecule is BrC1CCCCC1C1CCOC2(CCSC2)C1. The lowest BCUT2D eigenvalue weighted by atomic mass is 9.72. The Balaban J connectivity index is 1.66. The molecule has 17 heavy (non-hydrogen) atoms. The molecule has 1 nitrogen and oxygen atoms in total. The Bertz CT molecular complexity index is 265. The molecule has 98 valence electrons. The van der Waals surface area contributed by atoms with E-state index in [0.29, 0.717) is 0 Å². The fraction of sp³-hybridized carbons (Fsp3) is 1.00. The molecule has 2 saturated heterocycles. The predicted octanol–water partition coefficient (Wildman–Crippen LogP) is 4.24. The molecule has 1 aliphatic carbocycles. The monoisotopic (exact) mass is 318 g/mol. The van der Waals surface area contributed by atoms with Gasteiger partial charge in [-0.25, -0.2) is 0 Å². The van der Waals surface area contributed by atoms with Crippen molar-refractivity contribution in [2.75, 3.05) is 18.1 Å². The zero-order valence-corrected chi connectivity index (χ0v) is 12.9. The molecule has 0 bridgehead atoms. The first kappa shape index (κ1) is 12.8. The molecule has 3 aliphatic rings. The first-order valence-corrected chi connectivity index (χ1v) is 9.22. The van der Waals surface area contributed by atoms with E-state index in [2.05, 4.69) is 27.7 Å². The van der Waals surface area contributed by atoms with Crippen LogP contribution in [0.3, 0.4) is 0 Å². The van der Waals surface area contributed by atoms with Crippen LogP contribution in [0.1, 0.15) is 44.9 Å². The van der Waals surface area contributed by atoms with E-state index in [0.717, 1.165) is 23.3 Å². The maximum Gasteiger partial charge on any atom is 0.0783 e. The van der Waals surface area contributed by atoms with Crippen molar-refractivity contribution in [1.29, 1.82) is 0 Å². The van der Waals surface area contributed by atoms with Gasteiger partial charge in [0.1, 0.15) is 0 Å². The number of thioether (sulfide) groups is 1. The Labute approximate surface area is 118 Å². The summed E-state index contributed by atoms with van der Waals surface area (Å²) in [4.78, 5) is 0.783. The fourth-order valence-electron chi connectivity index (χ4n) is 3.94. The van der Waals surface area contributed by atoms with Gasteiger partial charge in [0, 0.05) is 17.2 Å². The molecule has 3 heteroatoms. The molecule has 0 aromatic heterocycles. The highest BCUT2D eigenvalue weighted by Crippen LogP contribution is 2.46. The molecule has 0 aromatic rings. The van der Waals surface area contributed by atoms with Crippen molar-refractivity contribution in [3.05, 3.63) is 0 Å². The molecule has 4 atom stereocenters. The summed E-state index contributed by atoms with van der Waals surface area (Å²) < 4.78 is 6.15. The van der Waals surface area contributed by atoms with Crippen LogP contribution >= 0.6 is 27.7 Å². The van der Waals surface area contributed by atoms with Crippen molar-refractivity contribution in [2.45, 2.75) is 55.4 Å². The van der Waals surface area contributed by atoms with Crippen LogP contribution in [0.25, 0.3) is 0 Å². The van der Waals surface area contributed by atoms with E-state index in [1.165, 1.54) is 56.5 Å². The molecule has 2 aliphatic heterocycles. The van der Waals surface area contributed by atoms with Gasteiger partial charge >= 0.3 is 0 Å². The van der Waals surface area contributed by atoms with Gasteiger partial charge in [-0.3, -0.25) is 0 Å². The first-order valence-electron chi connectivity index (χ1n) is 7.15. The van der Waals surface area contributed by atoms with Crippen molar-refractivity contribution in [1.82, 2.24) is 0 Å². The normalized spacial score (nSPS) is 47.5. The first-order chi connectivity index (χ1) is 8.29. The van der Waals surface area contributed by atoms with Gasteiger partial charge in [-0.1, -0.05) is 28.8 Å². The molecule has 4 unspecified atom stereocenters. The molecular weight excluding hydrogens is 296 g/mol. The van der Waals surface area contributed by atoms with E-state index in [1.54, 1.807) is 0 Å². The third kappa shape index (κ3) is 2.71. The van der Waals surface area contributed by atoms with Crippen LogP contribution in [-0.4, -0.2) is 28.5 Å². The molecule has 3 fully saturated rings. The lowest BCUT2D eigenvalue weighted by molar-refractivity contribution is -0.0908. The summed E-state index contributed by atoms with van der Waals surface area (Å²) >= 11 is 6.03. The second-order valence-corrected chi connectivity index (χ2v) is 8.33. The second kappa shape index (κ2) is 5.42. The van der Waals surface area contributed by atoms with E-state index in [4.69, 9.17) is 4.74 Å². The summed E-state index contributed by atoms with van der Waals surface area (Å²) in [7, 11) is 0. The molecule has 0 amide bonds. The number of halogens is 1. The largest absolute Gasteiger partial charge is 0.374 e. The van der Waals surface area contributed by atoms with Gasteiger partial charge in [0.15, 0.2) is 0 Å². The van der Waals surface area contributed by atoms with Gasteiger partial charge in [-0.05, 0) is 49.7 Å². The van der Waals surface area contributed by atoms with Crippen molar-refractivity contribution in [3.63, 3.8) is 0 Å². The highest BCUT2D eigenvalue weighted by Gasteiger charge is 2.43. The Morgan fingerprint density at radius 2 is 2.06 bits per heavy atom. The van der Waals surface area contributed by atoms with Crippen LogP contribution in [0.4, 0.5) is 0 Å². The maximum absolute atomic E-state index is 6.15. The van der Waals surface area contributed by atoms with Crippen LogP contribution in [-0.2, 0) is 4.74 Å². The third-order valence-electron chi connectivity index (χ3n) is 4.94. The minimum Gasteiger partial charge on any atom is -0.374 e. The van der Waals surface area contributed by atoms with Gasteiger partial charge in [-0.15, -0.1) is 0 Å². The summed E-state index contributed by atoms with van der Waals surface area (Å²) in [6.45, 7) is 1.02. The Morgan fingerprint density at radius 3 is 2.82 bits per heavy atom. The Morgan fingerprint density at radius 1 is 1.18 bits per heavy atom. The van der Waals surface area contributed by atoms with Crippen molar-refractivity contribution in [3.8, 4) is 0 Å². The molecule has 1 saturated carbocycles. The van der Waals surface area contributed by atoms with Gasteiger partial charge in [-0.2, -0.15) is 11.8 Å². The predicted molar refractivity (Wildman–Crippen MR) is 78.0 cm³/mol. The fourth-order valence-corrected chi connectivity index (χ4v) is 6.34. The second-order valence-electron chi connectivity index (χ2n) is 6.05. The lowest BCUT2D eigenvalue weighted by Crippen LogP contribution is -2.43. The lowest BCUT2D eigenvalue weighted by Gasteiger charge is -2.43. The van der Waals surface area contributed by atoms with Crippen LogP contribution in [0.15, 0.2) is 0 Å². The zero-order valence-electron chi connectivity index (χ0n) is 10.5. The smallest absolute Gasteiger partial charge is 0.0783 e. The molecule has 3 rings (SSSR count). The quantitative estimate of drug-likeness (QED) is 0.669. The summed E-state index contributed by atoms with van der Waals surface area (Å²) in [5, 5.41) is 0. The summed E-state index contributed by atoms with van der Waals surface area (Å²) in [6.07, 6.45) is 9.66. The van der Waals surface area contributed by atoms with Crippen LogP contribution in [0.2, 0.25) is 0 Å². The van der Waals surface area contributed by atoms with Crippen LogP contribution in [0, 0.1) is 11.8 Å². The van der Waals surface area contributed by atoms with Gasteiger partial charge in [0.25, 0.3) is 0 Å². The molecule has 0 aromatic carbocycles. The van der Waals surface area contributed by atoms with E-state index in [9.17, 15) is 0 Å². The number of rotatable bonds is 1. The van der Waals surface area contributed by atoms with Crippen LogP contribution < -0.4 is 0 Å². The zero-order chi connectivity index (χ0) is 11.7. The minimum absolute atomic E-state index is 0.276. The van der Waals surface area contributed by atoms with E-state index in [-0.39, 0.29) is 5.60 Å². The maximum atomic E-state index is 6.15. The summed E-state index contributed by atoms with van der Waals surface area (Å²) in [6, 6.07) is 0. The molecule has 0 N–H and O–H groups in total. The summed E-state index contributed by atoms with van der Waals surface area (Å²) in [5.74, 6) is 4.42. The van der Waals surface area contributed by atoms with E-state index in [1.807, 2.05) is 0 Å². The minimum atomic E-state index is 0.276. The van der Waals surface area contributed by atoms with Crippen molar-refractivity contribution in [2.24, 2.45) is 11.8 Å². The van der Waals surface area contributed by atoms with Crippen molar-refractivity contribution >= 4 is 27.7 Å². The Kier molecular flexibility index (Phi) is 4.08. The van der Waals surface area contributed by atoms with Crippen LogP contribution in [0.5, 0.6) is 0 Å². The highest BCUT2D eigenvalue weighted by atomic mass is 79.9. The molecule has 0 radical (unpaired) electrons. The van der Waals surface area contributed by atoms with Gasteiger partial charge in [0.05, 0.1) is 5.60 Å². The molecule has 2 heterocycles. The number of alkyl halides is 1. The standard InChI is InChI=1S/C14H23BrOS/c15-13-4-2-1-3-12(13)11-5-7-16-14(9-11)6-8-17-10-14/h11-13H,1-10H2. The van der Waals surface area contributed by atoms with E-state index < -0.39 is 0 Å². The van der Waals surface area contributed by atoms with Crippen molar-refractivity contribution < 1.29 is 4.74 Å². The third-order valence-corrected chi connectivity index (χ3v) is 7.30. The van der Waals surface area contributed by atoms with Gasteiger partial charge < -0.3 is 4.74 Å². The number of ether oxygens (including phenoxy) is 1. The Hall–Kier alpha value is 0.790. The average Bonchev–Trinajstić information content (AvgIpc) is 2.78. The average molecular weight is 319 g/mol. The molecular formula is C14H23BrOS.